The number of nitrogens with two attached hydrogens (primary N) is 1. The molecule has 0 aliphatic rings. The third kappa shape index (κ3) is 2.20. The first kappa shape index (κ1) is 12.1. The maximum absolute atomic E-state index is 6.05. The largest absolute Gasteiger partial charge is 0.330 e. The first-order valence-electron chi connectivity index (χ1n) is 6.09. The highest BCUT2D eigenvalue weighted by Crippen LogP contribution is 2.22. The van der Waals surface area contributed by atoms with Gasteiger partial charge in [-0.15, -0.1) is 5.10 Å². The number of para-hydroxylation sites is 1. The van der Waals surface area contributed by atoms with Crippen LogP contribution in [-0.2, 0) is 6.42 Å². The van der Waals surface area contributed by atoms with Crippen LogP contribution in [0.25, 0.3) is 16.7 Å². The molecule has 19 heavy (non-hydrogen) atoms. The van der Waals surface area contributed by atoms with Gasteiger partial charge in [-0.1, -0.05) is 28.9 Å². The van der Waals surface area contributed by atoms with E-state index in [1.807, 2.05) is 47.1 Å². The molecule has 2 aromatic carbocycles. The lowest BCUT2D eigenvalue weighted by molar-refractivity contribution is 0.808. The van der Waals surface area contributed by atoms with Crippen LogP contribution in [0.15, 0.2) is 42.5 Å². The third-order valence-electron chi connectivity index (χ3n) is 3.04. The number of halogens is 1. The Morgan fingerprint density at radius 3 is 2.84 bits per heavy atom. The second-order valence-electron chi connectivity index (χ2n) is 4.30. The maximum atomic E-state index is 6.05. The van der Waals surface area contributed by atoms with E-state index in [0.717, 1.165) is 28.7 Å². The molecular formula is C14H13ClN4. The molecule has 2 N–H and O–H groups in total. The Morgan fingerprint density at radius 2 is 2.00 bits per heavy atom. The summed E-state index contributed by atoms with van der Waals surface area (Å²) >= 11 is 6.05. The SMILES string of the molecule is NCCc1cc(Cl)ccc1-n1nnc2ccccc21. The van der Waals surface area contributed by atoms with Crippen molar-refractivity contribution in [1.82, 2.24) is 15.0 Å². The molecule has 1 aromatic heterocycles. The van der Waals surface area contributed by atoms with E-state index in [1.54, 1.807) is 0 Å². The average molecular weight is 273 g/mol. The second kappa shape index (κ2) is 4.99. The predicted molar refractivity (Wildman–Crippen MR) is 76.6 cm³/mol. The summed E-state index contributed by atoms with van der Waals surface area (Å²) in [6.45, 7) is 0.569. The highest BCUT2D eigenvalue weighted by atomic mass is 35.5. The highest BCUT2D eigenvalue weighted by molar-refractivity contribution is 6.30. The molecule has 1 heterocycles. The summed E-state index contributed by atoms with van der Waals surface area (Å²) in [5.74, 6) is 0. The van der Waals surface area contributed by atoms with Gasteiger partial charge in [0.15, 0.2) is 0 Å². The van der Waals surface area contributed by atoms with E-state index in [2.05, 4.69) is 10.3 Å². The molecule has 0 spiro atoms. The molecule has 0 bridgehead atoms. The molecule has 3 aromatic rings. The Hall–Kier alpha value is -1.91. The van der Waals surface area contributed by atoms with Crippen LogP contribution in [0.5, 0.6) is 0 Å². The first-order chi connectivity index (χ1) is 9.29. The van der Waals surface area contributed by atoms with Gasteiger partial charge in [0.1, 0.15) is 5.52 Å². The van der Waals surface area contributed by atoms with Gasteiger partial charge in [0.25, 0.3) is 0 Å². The minimum atomic E-state index is 0.569. The summed E-state index contributed by atoms with van der Waals surface area (Å²) in [5.41, 5.74) is 9.55. The molecule has 0 atom stereocenters. The van der Waals surface area contributed by atoms with Crippen LogP contribution in [0.1, 0.15) is 5.56 Å². The minimum absolute atomic E-state index is 0.569. The average Bonchev–Trinajstić information content (AvgIpc) is 2.83. The number of hydrogen-bond donors (Lipinski definition) is 1. The van der Waals surface area contributed by atoms with Crippen LogP contribution in [0, 0.1) is 0 Å². The molecule has 0 saturated carbocycles. The summed E-state index contributed by atoms with van der Waals surface area (Å²) in [6.07, 6.45) is 0.754. The van der Waals surface area contributed by atoms with Gasteiger partial charge >= 0.3 is 0 Å². The Kier molecular flexibility index (Phi) is 3.19. The van der Waals surface area contributed by atoms with Crippen LogP contribution < -0.4 is 5.73 Å². The zero-order valence-electron chi connectivity index (χ0n) is 10.3. The lowest BCUT2D eigenvalue weighted by Crippen LogP contribution is -2.07. The topological polar surface area (TPSA) is 56.7 Å². The van der Waals surface area contributed by atoms with E-state index in [4.69, 9.17) is 17.3 Å². The number of hydrogen-bond acceptors (Lipinski definition) is 3. The maximum Gasteiger partial charge on any atom is 0.113 e. The summed E-state index contributed by atoms with van der Waals surface area (Å²) in [5, 5.41) is 9.09. The highest BCUT2D eigenvalue weighted by Gasteiger charge is 2.10. The molecule has 4 nitrogen and oxygen atoms in total. The number of aromatic nitrogens is 3. The molecular weight excluding hydrogens is 260 g/mol. The number of nitrogens with zero attached hydrogens (tertiary/aromatic N) is 3. The summed E-state index contributed by atoms with van der Waals surface area (Å²) in [4.78, 5) is 0. The van der Waals surface area contributed by atoms with Crippen molar-refractivity contribution < 1.29 is 0 Å². The van der Waals surface area contributed by atoms with Gasteiger partial charge < -0.3 is 5.73 Å². The van der Waals surface area contributed by atoms with Crippen molar-refractivity contribution in [2.24, 2.45) is 5.73 Å². The van der Waals surface area contributed by atoms with Crippen LogP contribution in [-0.4, -0.2) is 21.5 Å². The van der Waals surface area contributed by atoms with Crippen molar-refractivity contribution in [3.8, 4) is 5.69 Å². The zero-order valence-corrected chi connectivity index (χ0v) is 11.0. The first-order valence-corrected chi connectivity index (χ1v) is 6.46. The Labute approximate surface area is 115 Å². The zero-order chi connectivity index (χ0) is 13.2. The molecule has 0 aliphatic heterocycles. The quantitative estimate of drug-likeness (QED) is 0.797. The van der Waals surface area contributed by atoms with Crippen molar-refractivity contribution in [2.45, 2.75) is 6.42 Å². The van der Waals surface area contributed by atoms with E-state index in [1.165, 1.54) is 0 Å². The summed E-state index contributed by atoms with van der Waals surface area (Å²) < 4.78 is 1.83. The summed E-state index contributed by atoms with van der Waals surface area (Å²) in [6, 6.07) is 13.6. The van der Waals surface area contributed by atoms with Gasteiger partial charge in [-0.3, -0.25) is 0 Å². The molecule has 3 rings (SSSR count). The molecule has 0 fully saturated rings. The molecule has 0 aliphatic carbocycles. The van der Waals surface area contributed by atoms with Crippen LogP contribution >= 0.6 is 11.6 Å². The van der Waals surface area contributed by atoms with Gasteiger partial charge in [-0.2, -0.15) is 0 Å². The Morgan fingerprint density at radius 1 is 1.16 bits per heavy atom. The number of benzene rings is 2. The van der Waals surface area contributed by atoms with E-state index < -0.39 is 0 Å². The normalized spacial score (nSPS) is 11.1. The van der Waals surface area contributed by atoms with Crippen molar-refractivity contribution in [2.75, 3.05) is 6.54 Å². The van der Waals surface area contributed by atoms with Gasteiger partial charge in [0, 0.05) is 5.02 Å². The lowest BCUT2D eigenvalue weighted by Gasteiger charge is -2.09. The van der Waals surface area contributed by atoms with E-state index in [-0.39, 0.29) is 0 Å². The fourth-order valence-corrected chi connectivity index (χ4v) is 2.36. The molecule has 5 heteroatoms. The monoisotopic (exact) mass is 272 g/mol. The van der Waals surface area contributed by atoms with Gasteiger partial charge in [0.2, 0.25) is 0 Å². The van der Waals surface area contributed by atoms with Gasteiger partial charge in [-0.25, -0.2) is 4.68 Å². The van der Waals surface area contributed by atoms with E-state index >= 15 is 0 Å². The standard InChI is InChI=1S/C14H13ClN4/c15-11-5-6-13(10(9-11)7-8-16)19-14-4-2-1-3-12(14)17-18-19/h1-6,9H,7-8,16H2. The molecule has 0 unspecified atom stereocenters. The van der Waals surface area contributed by atoms with Crippen LogP contribution in [0.4, 0.5) is 0 Å². The number of fused-ring (bicyclic) bond motifs is 1. The number of rotatable bonds is 3. The molecule has 0 amide bonds. The lowest BCUT2D eigenvalue weighted by atomic mass is 10.1. The van der Waals surface area contributed by atoms with Crippen LogP contribution in [0.2, 0.25) is 5.02 Å². The Balaban J connectivity index is 2.21. The van der Waals surface area contributed by atoms with Crippen molar-refractivity contribution in [3.63, 3.8) is 0 Å². The fraction of sp³-hybridized carbons (Fsp3) is 0.143. The molecule has 0 saturated heterocycles. The second-order valence-corrected chi connectivity index (χ2v) is 4.74. The van der Waals surface area contributed by atoms with Crippen molar-refractivity contribution >= 4 is 22.6 Å². The molecule has 96 valence electrons. The van der Waals surface area contributed by atoms with Crippen molar-refractivity contribution in [3.05, 3.63) is 53.1 Å². The van der Waals surface area contributed by atoms with Crippen molar-refractivity contribution in [1.29, 1.82) is 0 Å². The van der Waals surface area contributed by atoms with Gasteiger partial charge in [0.05, 0.1) is 11.2 Å². The predicted octanol–water partition coefficient (Wildman–Crippen LogP) is 2.58. The minimum Gasteiger partial charge on any atom is -0.330 e. The van der Waals surface area contributed by atoms with Crippen LogP contribution in [0.3, 0.4) is 0 Å². The smallest absolute Gasteiger partial charge is 0.113 e. The molecule has 0 radical (unpaired) electrons. The van der Waals surface area contributed by atoms with E-state index in [0.29, 0.717) is 11.6 Å². The fourth-order valence-electron chi connectivity index (χ4n) is 2.16. The third-order valence-corrected chi connectivity index (χ3v) is 3.27. The summed E-state index contributed by atoms with van der Waals surface area (Å²) in [7, 11) is 0. The van der Waals surface area contributed by atoms with E-state index in [9.17, 15) is 0 Å². The van der Waals surface area contributed by atoms with Gasteiger partial charge in [-0.05, 0) is 48.9 Å². The Bertz CT molecular complexity index is 720.